The molecular weight excluding hydrogens is 258 g/mol. The third-order valence-corrected chi connectivity index (χ3v) is 3.04. The Hall–Kier alpha value is -2.89. The van der Waals surface area contributed by atoms with Gasteiger partial charge < -0.3 is 15.3 Å². The first-order valence-corrected chi connectivity index (χ1v) is 6.01. The molecule has 0 saturated heterocycles. The molecule has 1 aromatic heterocycles. The van der Waals surface area contributed by atoms with Gasteiger partial charge in [-0.05, 0) is 24.3 Å². The molecule has 20 heavy (non-hydrogen) atoms. The Morgan fingerprint density at radius 3 is 2.90 bits per heavy atom. The standard InChI is InChI=1S/C14H11N3O3/c18-13-8-17(12-4-2-1-3-10(12)16-13)9-5-6-15-11(7-9)14(19)20/h1-7H,8H2,(H,16,18)(H,19,20). The molecule has 0 radical (unpaired) electrons. The van der Waals surface area contributed by atoms with Gasteiger partial charge >= 0.3 is 5.97 Å². The molecule has 0 aliphatic carbocycles. The molecule has 0 unspecified atom stereocenters. The van der Waals surface area contributed by atoms with Crippen LogP contribution in [0.3, 0.4) is 0 Å². The number of para-hydroxylation sites is 2. The number of anilines is 3. The predicted octanol–water partition coefficient (Wildman–Crippen LogP) is 1.87. The van der Waals surface area contributed by atoms with E-state index in [1.807, 2.05) is 18.2 Å². The molecule has 6 nitrogen and oxygen atoms in total. The van der Waals surface area contributed by atoms with Crippen LogP contribution in [0.25, 0.3) is 0 Å². The topological polar surface area (TPSA) is 82.5 Å². The average Bonchev–Trinajstić information content (AvgIpc) is 2.46. The predicted molar refractivity (Wildman–Crippen MR) is 73.3 cm³/mol. The van der Waals surface area contributed by atoms with Crippen molar-refractivity contribution in [3.8, 4) is 0 Å². The highest BCUT2D eigenvalue weighted by Gasteiger charge is 2.23. The maximum Gasteiger partial charge on any atom is 0.354 e. The lowest BCUT2D eigenvalue weighted by Gasteiger charge is -2.30. The Bertz CT molecular complexity index is 700. The number of carboxylic acid groups (broad SMARTS) is 1. The van der Waals surface area contributed by atoms with E-state index in [2.05, 4.69) is 10.3 Å². The van der Waals surface area contributed by atoms with Crippen molar-refractivity contribution < 1.29 is 14.7 Å². The van der Waals surface area contributed by atoms with E-state index in [9.17, 15) is 9.59 Å². The van der Waals surface area contributed by atoms with Crippen molar-refractivity contribution in [1.29, 1.82) is 0 Å². The average molecular weight is 269 g/mol. The zero-order valence-electron chi connectivity index (χ0n) is 10.4. The number of fused-ring (bicyclic) bond motifs is 1. The second-order valence-corrected chi connectivity index (χ2v) is 4.36. The SMILES string of the molecule is O=C1CN(c2ccnc(C(=O)O)c2)c2ccccc2N1. The third-order valence-electron chi connectivity index (χ3n) is 3.04. The quantitative estimate of drug-likeness (QED) is 0.869. The van der Waals surface area contributed by atoms with E-state index in [-0.39, 0.29) is 18.1 Å². The molecule has 2 aromatic rings. The first-order chi connectivity index (χ1) is 9.65. The Labute approximate surface area is 114 Å². The summed E-state index contributed by atoms with van der Waals surface area (Å²) in [5.41, 5.74) is 2.11. The summed E-state index contributed by atoms with van der Waals surface area (Å²) in [5.74, 6) is -1.24. The number of nitrogens with one attached hydrogen (secondary N) is 1. The minimum Gasteiger partial charge on any atom is -0.477 e. The Morgan fingerprint density at radius 2 is 2.10 bits per heavy atom. The minimum absolute atomic E-state index is 0.0500. The molecule has 100 valence electrons. The van der Waals surface area contributed by atoms with Gasteiger partial charge in [-0.25, -0.2) is 9.78 Å². The van der Waals surface area contributed by atoms with Crippen molar-refractivity contribution >= 4 is 28.9 Å². The monoisotopic (exact) mass is 269 g/mol. The van der Waals surface area contributed by atoms with Crippen molar-refractivity contribution in [3.05, 3.63) is 48.3 Å². The van der Waals surface area contributed by atoms with Gasteiger partial charge in [0.05, 0.1) is 11.4 Å². The van der Waals surface area contributed by atoms with E-state index in [0.29, 0.717) is 11.4 Å². The van der Waals surface area contributed by atoms with Gasteiger partial charge in [0, 0.05) is 11.9 Å². The number of carbonyl (C=O) groups excluding carboxylic acids is 1. The van der Waals surface area contributed by atoms with Gasteiger partial charge in [0.1, 0.15) is 12.2 Å². The molecule has 1 aliphatic heterocycles. The summed E-state index contributed by atoms with van der Waals surface area (Å²) >= 11 is 0. The number of aromatic carboxylic acids is 1. The normalized spacial score (nSPS) is 13.6. The Morgan fingerprint density at radius 1 is 1.30 bits per heavy atom. The molecule has 0 atom stereocenters. The Balaban J connectivity index is 2.08. The van der Waals surface area contributed by atoms with E-state index in [4.69, 9.17) is 5.11 Å². The highest BCUT2D eigenvalue weighted by Crippen LogP contribution is 2.34. The molecule has 6 heteroatoms. The Kier molecular flexibility index (Phi) is 2.83. The van der Waals surface area contributed by atoms with Crippen molar-refractivity contribution in [2.75, 3.05) is 16.8 Å². The van der Waals surface area contributed by atoms with Gasteiger partial charge in [0.25, 0.3) is 0 Å². The van der Waals surface area contributed by atoms with Crippen LogP contribution < -0.4 is 10.2 Å². The van der Waals surface area contributed by atoms with Crippen LogP contribution in [0, 0.1) is 0 Å². The van der Waals surface area contributed by atoms with Crippen LogP contribution >= 0.6 is 0 Å². The number of rotatable bonds is 2. The summed E-state index contributed by atoms with van der Waals surface area (Å²) in [5, 5.41) is 11.8. The number of carboxylic acids is 1. The summed E-state index contributed by atoms with van der Waals surface area (Å²) in [7, 11) is 0. The van der Waals surface area contributed by atoms with Crippen LogP contribution in [0.15, 0.2) is 42.6 Å². The fourth-order valence-corrected chi connectivity index (χ4v) is 2.17. The van der Waals surface area contributed by atoms with Crippen molar-refractivity contribution in [2.24, 2.45) is 0 Å². The van der Waals surface area contributed by atoms with Gasteiger partial charge in [0.15, 0.2) is 0 Å². The number of hydrogen-bond acceptors (Lipinski definition) is 4. The first-order valence-electron chi connectivity index (χ1n) is 6.01. The number of benzene rings is 1. The number of aromatic nitrogens is 1. The third kappa shape index (κ3) is 2.07. The van der Waals surface area contributed by atoms with Gasteiger partial charge in [-0.15, -0.1) is 0 Å². The number of amides is 1. The van der Waals surface area contributed by atoms with Crippen LogP contribution in [-0.4, -0.2) is 28.5 Å². The summed E-state index contributed by atoms with van der Waals surface area (Å²) in [6.07, 6.45) is 1.42. The molecule has 0 bridgehead atoms. The molecule has 3 rings (SSSR count). The minimum atomic E-state index is -1.10. The van der Waals surface area contributed by atoms with E-state index < -0.39 is 5.97 Å². The maximum atomic E-state index is 11.7. The van der Waals surface area contributed by atoms with E-state index >= 15 is 0 Å². The highest BCUT2D eigenvalue weighted by molar-refractivity contribution is 6.03. The molecule has 0 fully saturated rings. The second-order valence-electron chi connectivity index (χ2n) is 4.36. The zero-order chi connectivity index (χ0) is 14.1. The molecule has 0 spiro atoms. The summed E-state index contributed by atoms with van der Waals surface area (Å²) in [6, 6.07) is 10.5. The first kappa shape index (κ1) is 12.2. The summed E-state index contributed by atoms with van der Waals surface area (Å²) in [6.45, 7) is 0.139. The molecule has 1 aromatic carbocycles. The van der Waals surface area contributed by atoms with E-state index in [1.54, 1.807) is 17.0 Å². The van der Waals surface area contributed by atoms with E-state index in [1.165, 1.54) is 12.3 Å². The zero-order valence-corrected chi connectivity index (χ0v) is 10.4. The summed E-state index contributed by atoms with van der Waals surface area (Å²) in [4.78, 5) is 28.3. The van der Waals surface area contributed by atoms with Crippen molar-refractivity contribution in [1.82, 2.24) is 4.98 Å². The fourth-order valence-electron chi connectivity index (χ4n) is 2.17. The molecule has 2 heterocycles. The van der Waals surface area contributed by atoms with Gasteiger partial charge in [-0.2, -0.15) is 0 Å². The molecule has 1 amide bonds. The van der Waals surface area contributed by atoms with Gasteiger partial charge in [-0.1, -0.05) is 12.1 Å². The number of nitrogens with zero attached hydrogens (tertiary/aromatic N) is 2. The van der Waals surface area contributed by atoms with Crippen LogP contribution in [0.5, 0.6) is 0 Å². The number of hydrogen-bond donors (Lipinski definition) is 2. The van der Waals surface area contributed by atoms with Gasteiger partial charge in [0.2, 0.25) is 5.91 Å². The number of carbonyl (C=O) groups is 2. The number of pyridine rings is 1. The highest BCUT2D eigenvalue weighted by atomic mass is 16.4. The van der Waals surface area contributed by atoms with Crippen LogP contribution in [0.2, 0.25) is 0 Å². The smallest absolute Gasteiger partial charge is 0.354 e. The van der Waals surface area contributed by atoms with E-state index in [0.717, 1.165) is 5.69 Å². The summed E-state index contributed by atoms with van der Waals surface area (Å²) < 4.78 is 0. The van der Waals surface area contributed by atoms with Crippen molar-refractivity contribution in [3.63, 3.8) is 0 Å². The largest absolute Gasteiger partial charge is 0.477 e. The van der Waals surface area contributed by atoms with Crippen LogP contribution in [0.1, 0.15) is 10.5 Å². The maximum absolute atomic E-state index is 11.7. The molecule has 0 saturated carbocycles. The lowest BCUT2D eigenvalue weighted by molar-refractivity contribution is -0.115. The van der Waals surface area contributed by atoms with Crippen LogP contribution in [0.4, 0.5) is 17.1 Å². The lowest BCUT2D eigenvalue weighted by atomic mass is 10.1. The molecule has 1 aliphatic rings. The second kappa shape index (κ2) is 4.65. The lowest BCUT2D eigenvalue weighted by Crippen LogP contribution is -2.35. The van der Waals surface area contributed by atoms with Gasteiger partial charge in [-0.3, -0.25) is 4.79 Å². The van der Waals surface area contributed by atoms with Crippen molar-refractivity contribution in [2.45, 2.75) is 0 Å². The molecule has 2 N–H and O–H groups in total. The fraction of sp³-hybridized carbons (Fsp3) is 0.0714. The molecular formula is C14H11N3O3. The van der Waals surface area contributed by atoms with Crippen LogP contribution in [-0.2, 0) is 4.79 Å².